The van der Waals surface area contributed by atoms with E-state index in [1.54, 1.807) is 22.3 Å². The van der Waals surface area contributed by atoms with Crippen LogP contribution in [0.25, 0.3) is 27.1 Å². The molecule has 4 heteroatoms. The Labute approximate surface area is 248 Å². The van der Waals surface area contributed by atoms with E-state index in [0.29, 0.717) is 9.54 Å². The van der Waals surface area contributed by atoms with Crippen molar-refractivity contribution in [1.29, 1.82) is 0 Å². The first-order valence-corrected chi connectivity index (χ1v) is 22.0. The molecule has 2 aliphatic carbocycles. The van der Waals surface area contributed by atoms with Gasteiger partial charge in [-0.2, -0.15) is 0 Å². The van der Waals surface area contributed by atoms with Gasteiger partial charge >= 0.3 is 225 Å². The third-order valence-electron chi connectivity index (χ3n) is 8.74. The molecular formula is C34H36Cl2SiZr. The Balaban J connectivity index is 0.00000168. The second kappa shape index (κ2) is 11.4. The third-order valence-corrected chi connectivity index (χ3v) is 27.3. The summed E-state index contributed by atoms with van der Waals surface area (Å²) in [7, 11) is 0. The van der Waals surface area contributed by atoms with Gasteiger partial charge in [0.15, 0.2) is 0 Å². The van der Waals surface area contributed by atoms with Crippen molar-refractivity contribution < 1.29 is 20.4 Å². The number of fused-ring (bicyclic) bond motifs is 3. The van der Waals surface area contributed by atoms with Gasteiger partial charge in [-0.3, -0.25) is 0 Å². The van der Waals surface area contributed by atoms with Crippen molar-refractivity contribution in [2.75, 3.05) is 0 Å². The molecule has 0 radical (unpaired) electrons. The minimum atomic E-state index is -2.01. The molecule has 0 fully saturated rings. The average molecular weight is 635 g/mol. The zero-order valence-electron chi connectivity index (χ0n) is 23.1. The maximum Gasteiger partial charge on any atom is -0.147 e. The summed E-state index contributed by atoms with van der Waals surface area (Å²) in [6, 6.07) is 29.7. The predicted octanol–water partition coefficient (Wildman–Crippen LogP) is 10.5. The van der Waals surface area contributed by atoms with Crippen LogP contribution in [-0.2, 0) is 20.4 Å². The van der Waals surface area contributed by atoms with Crippen LogP contribution in [0.15, 0.2) is 105 Å². The number of benzene rings is 4. The van der Waals surface area contributed by atoms with Crippen LogP contribution in [0.5, 0.6) is 0 Å². The Hall–Kier alpha value is -1.70. The Kier molecular flexibility index (Phi) is 8.80. The summed E-state index contributed by atoms with van der Waals surface area (Å²) < 4.78 is 2.52. The van der Waals surface area contributed by atoms with Crippen LogP contribution in [0.2, 0.25) is 13.1 Å². The van der Waals surface area contributed by atoms with E-state index in [1.165, 1.54) is 38.2 Å². The first kappa shape index (κ1) is 29.3. The third kappa shape index (κ3) is 4.66. The standard InChI is InChI=1S/C23H15.C9H13.C2H6Si.2ClH.Zr/c1-2-8-18-15-23-19(14-17(18)7-1)9-5-11-21(23)22-13-12-16-6-3-4-10-20(16)22;1-6-5-7(2)9(4)8(6)3;1-3-2;;;/h1-15H;6H,1-4H3;1-2H3;2*1H;. The van der Waals surface area contributed by atoms with Crippen molar-refractivity contribution in [2.45, 2.75) is 44.4 Å². The minimum absolute atomic E-state index is 0. The summed E-state index contributed by atoms with van der Waals surface area (Å²) in [4.78, 5) is 0. The molecular weight excluding hydrogens is 599 g/mol. The molecule has 4 aromatic rings. The molecule has 0 saturated carbocycles. The normalized spacial score (nSPS) is 18.3. The molecule has 0 bridgehead atoms. The van der Waals surface area contributed by atoms with E-state index in [0.717, 1.165) is 0 Å². The van der Waals surface area contributed by atoms with Crippen LogP contribution in [-0.4, -0.2) is 5.43 Å². The Morgan fingerprint density at radius 3 is 1.95 bits per heavy atom. The van der Waals surface area contributed by atoms with Crippen LogP contribution in [0.1, 0.15) is 48.0 Å². The summed E-state index contributed by atoms with van der Waals surface area (Å²) in [6.07, 6.45) is 2.72. The summed E-state index contributed by atoms with van der Waals surface area (Å²) in [5.74, 6) is 0.632. The fraction of sp³-hybridized carbons (Fsp3) is 0.235. The summed E-state index contributed by atoms with van der Waals surface area (Å²) in [6.45, 7) is 14.8. The number of hydrogen-bond donors (Lipinski definition) is 0. The Morgan fingerprint density at radius 2 is 1.29 bits per heavy atom. The predicted molar refractivity (Wildman–Crippen MR) is 170 cm³/mol. The molecule has 4 aromatic carbocycles. The first-order chi connectivity index (χ1) is 17.4. The van der Waals surface area contributed by atoms with E-state index >= 15 is 0 Å². The molecule has 0 amide bonds. The van der Waals surface area contributed by atoms with Crippen molar-refractivity contribution in [1.82, 2.24) is 0 Å². The van der Waals surface area contributed by atoms with Crippen LogP contribution >= 0.6 is 24.8 Å². The molecule has 2 atom stereocenters. The molecule has 0 aliphatic heterocycles. The monoisotopic (exact) mass is 632 g/mol. The van der Waals surface area contributed by atoms with Crippen LogP contribution < -0.4 is 0 Å². The molecule has 6 rings (SSSR count). The van der Waals surface area contributed by atoms with Crippen molar-refractivity contribution in [2.24, 2.45) is 5.92 Å². The van der Waals surface area contributed by atoms with E-state index < -0.39 is 25.8 Å². The van der Waals surface area contributed by atoms with Crippen molar-refractivity contribution in [3.05, 3.63) is 122 Å². The van der Waals surface area contributed by atoms with E-state index in [1.807, 2.05) is 3.28 Å². The second-order valence-electron chi connectivity index (χ2n) is 10.9. The number of rotatable bonds is 3. The van der Waals surface area contributed by atoms with Gasteiger partial charge in [0.05, 0.1) is 0 Å². The Bertz CT molecular complexity index is 1700. The molecule has 38 heavy (non-hydrogen) atoms. The van der Waals surface area contributed by atoms with Gasteiger partial charge in [-0.15, -0.1) is 24.8 Å². The number of halogens is 2. The van der Waals surface area contributed by atoms with Gasteiger partial charge in [0.2, 0.25) is 0 Å². The zero-order chi connectivity index (χ0) is 25.1. The van der Waals surface area contributed by atoms with Gasteiger partial charge in [0.25, 0.3) is 0 Å². The number of allylic oxidation sites excluding steroid dienone is 5. The molecule has 0 spiro atoms. The van der Waals surface area contributed by atoms with E-state index in [4.69, 9.17) is 0 Å². The first-order valence-electron chi connectivity index (χ1n) is 13.2. The van der Waals surface area contributed by atoms with Gasteiger partial charge in [0, 0.05) is 0 Å². The van der Waals surface area contributed by atoms with Gasteiger partial charge in [-0.05, 0) is 0 Å². The molecule has 0 nitrogen and oxygen atoms in total. The minimum Gasteiger partial charge on any atom is -0.147 e. The van der Waals surface area contributed by atoms with Crippen LogP contribution in [0, 0.1) is 5.92 Å². The maximum atomic E-state index is 2.72. The summed E-state index contributed by atoms with van der Waals surface area (Å²) in [5, 5.41) is 5.35. The second-order valence-corrected chi connectivity index (χ2v) is 28.3. The molecule has 0 heterocycles. The van der Waals surface area contributed by atoms with Crippen molar-refractivity contribution in [3.63, 3.8) is 0 Å². The van der Waals surface area contributed by atoms with E-state index in [-0.39, 0.29) is 24.8 Å². The smallest absolute Gasteiger partial charge is 0.147 e. The van der Waals surface area contributed by atoms with Gasteiger partial charge in [0.1, 0.15) is 0 Å². The Morgan fingerprint density at radius 1 is 0.684 bits per heavy atom. The SMILES string of the molecule is CC1=C(C)C(C)[C]([Zr]([CH]2C=C(c3cccc4cc5ccccc5cc34)c3ccccc32)=[Si](C)C)=C1C.Cl.Cl. The van der Waals surface area contributed by atoms with Crippen LogP contribution in [0.4, 0.5) is 0 Å². The molecule has 0 aromatic heterocycles. The maximum absolute atomic E-state index is 2.72. The molecule has 2 unspecified atom stereocenters. The number of hydrogen-bond acceptors (Lipinski definition) is 0. The van der Waals surface area contributed by atoms with E-state index in [2.05, 4.69) is 126 Å². The van der Waals surface area contributed by atoms with Crippen LogP contribution in [0.3, 0.4) is 0 Å². The topological polar surface area (TPSA) is 0 Å². The van der Waals surface area contributed by atoms with E-state index in [9.17, 15) is 0 Å². The quantitative estimate of drug-likeness (QED) is 0.155. The van der Waals surface area contributed by atoms with Gasteiger partial charge in [-0.1, -0.05) is 0 Å². The fourth-order valence-corrected chi connectivity index (χ4v) is 26.3. The summed E-state index contributed by atoms with van der Waals surface area (Å²) in [5.41, 5.74) is 10.3. The largest absolute Gasteiger partial charge is 0.147 e. The van der Waals surface area contributed by atoms with Crippen molar-refractivity contribution in [3.8, 4) is 0 Å². The summed E-state index contributed by atoms with van der Waals surface area (Å²) >= 11 is -2.01. The molecule has 2 aliphatic rings. The fourth-order valence-electron chi connectivity index (χ4n) is 6.58. The molecule has 0 saturated heterocycles. The molecule has 0 N–H and O–H groups in total. The van der Waals surface area contributed by atoms with Gasteiger partial charge in [-0.25, -0.2) is 0 Å². The average Bonchev–Trinajstić information content (AvgIpc) is 3.34. The zero-order valence-corrected chi connectivity index (χ0v) is 28.1. The van der Waals surface area contributed by atoms with Crippen molar-refractivity contribution >= 4 is 57.4 Å². The molecule has 194 valence electrons. The van der Waals surface area contributed by atoms with Gasteiger partial charge < -0.3 is 0 Å².